The zero-order chi connectivity index (χ0) is 15.6. The molecule has 5 nitrogen and oxygen atoms in total. The van der Waals surface area contributed by atoms with Crippen LogP contribution >= 0.6 is 0 Å². The number of benzene rings is 1. The van der Waals surface area contributed by atoms with Crippen molar-refractivity contribution in [3.63, 3.8) is 0 Å². The first-order valence-electron chi connectivity index (χ1n) is 6.86. The quantitative estimate of drug-likeness (QED) is 0.909. The largest absolute Gasteiger partial charge is 0.395 e. The molecule has 0 saturated carbocycles. The number of hydrogen-bond acceptors (Lipinski definition) is 3. The molecule has 1 aromatic heterocycles. The monoisotopic (exact) mass is 290 g/mol. The normalized spacial score (nSPS) is 10.9. The summed E-state index contributed by atoms with van der Waals surface area (Å²) in [6, 6.07) is 5.75. The number of aromatic nitrogens is 2. The van der Waals surface area contributed by atoms with Crippen molar-refractivity contribution in [2.24, 2.45) is 0 Å². The molecule has 0 unspecified atom stereocenters. The van der Waals surface area contributed by atoms with E-state index in [1.54, 1.807) is 12.1 Å². The average molecular weight is 290 g/mol. The Bertz CT molecular complexity index is 634. The van der Waals surface area contributed by atoms with E-state index in [1.165, 1.54) is 17.0 Å². The molecule has 0 aliphatic carbocycles. The molecule has 0 radical (unpaired) electrons. The van der Waals surface area contributed by atoms with Gasteiger partial charge >= 0.3 is 0 Å². The third-order valence-electron chi connectivity index (χ3n) is 3.31. The molecule has 6 heteroatoms. The molecular formula is C15H19FN4O. The summed E-state index contributed by atoms with van der Waals surface area (Å²) in [6.45, 7) is 6.21. The van der Waals surface area contributed by atoms with Crippen molar-refractivity contribution in [3.8, 4) is 0 Å². The summed E-state index contributed by atoms with van der Waals surface area (Å²) >= 11 is 0. The van der Waals surface area contributed by atoms with Gasteiger partial charge in [-0.1, -0.05) is 13.8 Å². The lowest BCUT2D eigenvalue weighted by molar-refractivity contribution is 0.0984. The molecular weight excluding hydrogens is 271 g/mol. The Morgan fingerprint density at radius 1 is 1.38 bits per heavy atom. The number of nitrogen functional groups attached to an aromatic ring is 1. The fourth-order valence-corrected chi connectivity index (χ4v) is 2.16. The summed E-state index contributed by atoms with van der Waals surface area (Å²) in [6.07, 6.45) is 0. The summed E-state index contributed by atoms with van der Waals surface area (Å²) in [5, 5.41) is 6.84. The van der Waals surface area contributed by atoms with Crippen LogP contribution in [0.4, 0.5) is 15.8 Å². The molecule has 0 spiro atoms. The van der Waals surface area contributed by atoms with Crippen molar-refractivity contribution in [1.29, 1.82) is 0 Å². The number of carbonyl (C=O) groups excluding carboxylic acids is 1. The lowest BCUT2D eigenvalue weighted by atomic mass is 10.1. The van der Waals surface area contributed by atoms with Crippen LogP contribution in [0.2, 0.25) is 0 Å². The van der Waals surface area contributed by atoms with Crippen molar-refractivity contribution >= 4 is 17.3 Å². The Morgan fingerprint density at radius 2 is 2.00 bits per heavy atom. The highest BCUT2D eigenvalue weighted by Gasteiger charge is 2.24. The average Bonchev–Trinajstić information content (AvgIpc) is 2.83. The summed E-state index contributed by atoms with van der Waals surface area (Å²) in [4.78, 5) is 14.1. The summed E-state index contributed by atoms with van der Waals surface area (Å²) in [5.74, 6) is -0.492. The Morgan fingerprint density at radius 3 is 2.48 bits per heavy atom. The van der Waals surface area contributed by atoms with Crippen molar-refractivity contribution in [3.05, 3.63) is 41.5 Å². The van der Waals surface area contributed by atoms with E-state index in [1.807, 2.05) is 20.8 Å². The minimum Gasteiger partial charge on any atom is -0.395 e. The fourth-order valence-electron chi connectivity index (χ4n) is 2.16. The predicted molar refractivity (Wildman–Crippen MR) is 80.8 cm³/mol. The molecule has 1 aromatic carbocycles. The van der Waals surface area contributed by atoms with E-state index in [9.17, 15) is 9.18 Å². The first-order valence-corrected chi connectivity index (χ1v) is 6.86. The molecule has 0 bridgehead atoms. The van der Waals surface area contributed by atoms with E-state index in [2.05, 4.69) is 10.2 Å². The Hall–Kier alpha value is -2.37. The Kier molecular flexibility index (Phi) is 4.26. The molecule has 0 fully saturated rings. The summed E-state index contributed by atoms with van der Waals surface area (Å²) in [5.41, 5.74) is 7.92. The fraction of sp³-hybridized carbons (Fsp3) is 0.333. The number of carbonyl (C=O) groups is 1. The van der Waals surface area contributed by atoms with Crippen LogP contribution in [0.3, 0.4) is 0 Å². The smallest absolute Gasteiger partial charge is 0.280 e. The number of hydrogen-bond donors (Lipinski definition) is 2. The van der Waals surface area contributed by atoms with Crippen LogP contribution in [0.1, 0.15) is 42.9 Å². The second-order valence-electron chi connectivity index (χ2n) is 5.08. The van der Waals surface area contributed by atoms with Crippen molar-refractivity contribution in [2.45, 2.75) is 26.7 Å². The van der Waals surface area contributed by atoms with Gasteiger partial charge in [0, 0.05) is 12.2 Å². The van der Waals surface area contributed by atoms with Crippen LogP contribution in [0.25, 0.3) is 0 Å². The van der Waals surface area contributed by atoms with Gasteiger partial charge in [0.05, 0.1) is 11.4 Å². The van der Waals surface area contributed by atoms with Gasteiger partial charge in [0.15, 0.2) is 5.69 Å². The third kappa shape index (κ3) is 2.89. The second-order valence-corrected chi connectivity index (χ2v) is 5.08. The molecule has 0 aliphatic heterocycles. The van der Waals surface area contributed by atoms with Crippen molar-refractivity contribution in [1.82, 2.24) is 10.2 Å². The predicted octanol–water partition coefficient (Wildman–Crippen LogP) is 2.92. The highest BCUT2D eigenvalue weighted by atomic mass is 19.1. The standard InChI is InChI=1S/C15H19FN4O/c1-4-20(11-7-5-10(16)6-8-11)15(21)14-12(17)13(9(2)3)18-19-14/h5-9H,4,17H2,1-3H3,(H,18,19). The van der Waals surface area contributed by atoms with E-state index >= 15 is 0 Å². The Balaban J connectivity index is 2.35. The van der Waals surface area contributed by atoms with Crippen LogP contribution in [0, 0.1) is 5.82 Å². The molecule has 0 saturated heterocycles. The first kappa shape index (κ1) is 15.0. The maximum atomic E-state index is 13.0. The lowest BCUT2D eigenvalue weighted by Gasteiger charge is -2.20. The minimum absolute atomic E-state index is 0.153. The van der Waals surface area contributed by atoms with Gasteiger partial charge in [0.1, 0.15) is 5.82 Å². The van der Waals surface area contributed by atoms with Crippen LogP contribution in [-0.4, -0.2) is 22.6 Å². The van der Waals surface area contributed by atoms with E-state index < -0.39 is 0 Å². The minimum atomic E-state index is -0.344. The number of rotatable bonds is 4. The van der Waals surface area contributed by atoms with E-state index in [0.29, 0.717) is 17.9 Å². The molecule has 0 aliphatic rings. The molecule has 3 N–H and O–H groups in total. The number of nitrogens with zero attached hydrogens (tertiary/aromatic N) is 2. The van der Waals surface area contributed by atoms with Crippen LogP contribution in [-0.2, 0) is 0 Å². The number of nitrogens with two attached hydrogens (primary N) is 1. The zero-order valence-corrected chi connectivity index (χ0v) is 12.4. The highest BCUT2D eigenvalue weighted by Crippen LogP contribution is 2.25. The van der Waals surface area contributed by atoms with Crippen molar-refractivity contribution < 1.29 is 9.18 Å². The molecule has 2 rings (SSSR count). The number of aromatic amines is 1. The van der Waals surface area contributed by atoms with Gasteiger partial charge in [-0.15, -0.1) is 0 Å². The van der Waals surface area contributed by atoms with Gasteiger partial charge in [0.25, 0.3) is 5.91 Å². The molecule has 2 aromatic rings. The topological polar surface area (TPSA) is 75.0 Å². The number of anilines is 2. The zero-order valence-electron chi connectivity index (χ0n) is 12.4. The summed E-state index contributed by atoms with van der Waals surface area (Å²) < 4.78 is 13.0. The molecule has 1 amide bonds. The molecule has 1 heterocycles. The van der Waals surface area contributed by atoms with Gasteiger partial charge in [0.2, 0.25) is 0 Å². The molecule has 0 atom stereocenters. The van der Waals surface area contributed by atoms with Crippen LogP contribution in [0.15, 0.2) is 24.3 Å². The number of nitrogens with one attached hydrogen (secondary N) is 1. The van der Waals surface area contributed by atoms with Gasteiger partial charge < -0.3 is 10.6 Å². The number of H-pyrrole nitrogens is 1. The SMILES string of the molecule is CCN(C(=O)c1n[nH]c(C(C)C)c1N)c1ccc(F)cc1. The van der Waals surface area contributed by atoms with Gasteiger partial charge in [-0.05, 0) is 37.1 Å². The van der Waals surface area contributed by atoms with E-state index in [4.69, 9.17) is 5.73 Å². The number of amides is 1. The summed E-state index contributed by atoms with van der Waals surface area (Å²) in [7, 11) is 0. The third-order valence-corrected chi connectivity index (χ3v) is 3.31. The maximum Gasteiger partial charge on any atom is 0.280 e. The van der Waals surface area contributed by atoms with Crippen LogP contribution in [0.5, 0.6) is 0 Å². The van der Waals surface area contributed by atoms with Crippen molar-refractivity contribution in [2.75, 3.05) is 17.2 Å². The molecule has 112 valence electrons. The van der Waals surface area contributed by atoms with E-state index in [-0.39, 0.29) is 23.3 Å². The van der Waals surface area contributed by atoms with Gasteiger partial charge in [-0.3, -0.25) is 9.89 Å². The first-order chi connectivity index (χ1) is 9.95. The highest BCUT2D eigenvalue weighted by molar-refractivity contribution is 6.08. The number of halogens is 1. The van der Waals surface area contributed by atoms with Crippen LogP contribution < -0.4 is 10.6 Å². The second kappa shape index (κ2) is 5.95. The Labute approximate surface area is 123 Å². The van der Waals surface area contributed by atoms with Gasteiger partial charge in [-0.2, -0.15) is 5.10 Å². The van der Waals surface area contributed by atoms with Gasteiger partial charge in [-0.25, -0.2) is 4.39 Å². The lowest BCUT2D eigenvalue weighted by Crippen LogP contribution is -2.31. The van der Waals surface area contributed by atoms with E-state index in [0.717, 1.165) is 5.69 Å². The molecule has 21 heavy (non-hydrogen) atoms. The maximum absolute atomic E-state index is 13.0.